The van der Waals surface area contributed by atoms with Crippen LogP contribution in [-0.4, -0.2) is 17.3 Å². The maximum atomic E-state index is 13.8. The molecule has 1 aliphatic carbocycles. The van der Waals surface area contributed by atoms with E-state index in [0.29, 0.717) is 18.3 Å². The minimum Gasteiger partial charge on any atom is -0.300 e. The second-order valence-electron chi connectivity index (χ2n) is 12.8. The Bertz CT molecular complexity index is 1190. The Morgan fingerprint density at radius 1 is 1.03 bits per heavy atom. The molecule has 2 aromatic carbocycles. The summed E-state index contributed by atoms with van der Waals surface area (Å²) >= 11 is 0. The first-order chi connectivity index (χ1) is 18.5. The highest BCUT2D eigenvalue weighted by atomic mass is 16.1. The van der Waals surface area contributed by atoms with Crippen LogP contribution in [0.3, 0.4) is 0 Å². The lowest BCUT2D eigenvalue weighted by atomic mass is 9.70. The van der Waals surface area contributed by atoms with E-state index in [1.54, 1.807) is 0 Å². The van der Waals surface area contributed by atoms with Crippen LogP contribution in [0.2, 0.25) is 0 Å². The van der Waals surface area contributed by atoms with Crippen LogP contribution in [-0.2, 0) is 22.4 Å². The van der Waals surface area contributed by atoms with Crippen LogP contribution >= 0.6 is 0 Å². The summed E-state index contributed by atoms with van der Waals surface area (Å²) in [4.78, 5) is 38.5. The summed E-state index contributed by atoms with van der Waals surface area (Å²) in [5, 5.41) is 0. The van der Waals surface area contributed by atoms with Crippen molar-refractivity contribution in [2.75, 3.05) is 0 Å². The molecule has 3 nitrogen and oxygen atoms in total. The molecule has 212 valence electrons. The van der Waals surface area contributed by atoms with Crippen LogP contribution in [0.4, 0.5) is 0 Å². The third kappa shape index (κ3) is 7.56. The maximum Gasteiger partial charge on any atom is 0.163 e. The fourth-order valence-corrected chi connectivity index (χ4v) is 6.98. The van der Waals surface area contributed by atoms with Crippen molar-refractivity contribution in [3.8, 4) is 11.1 Å². The third-order valence-corrected chi connectivity index (χ3v) is 8.62. The number of benzene rings is 2. The summed E-state index contributed by atoms with van der Waals surface area (Å²) in [6, 6.07) is 11.2. The van der Waals surface area contributed by atoms with Gasteiger partial charge in [-0.3, -0.25) is 14.4 Å². The van der Waals surface area contributed by atoms with Crippen LogP contribution in [0.15, 0.2) is 30.3 Å². The number of hydrogen-bond donors (Lipinski definition) is 0. The minimum absolute atomic E-state index is 0.0307. The monoisotopic (exact) mass is 530 g/mol. The van der Waals surface area contributed by atoms with Gasteiger partial charge in [-0.1, -0.05) is 84.7 Å². The summed E-state index contributed by atoms with van der Waals surface area (Å²) in [5.41, 5.74) is 8.27. The van der Waals surface area contributed by atoms with Crippen LogP contribution in [0.1, 0.15) is 126 Å². The van der Waals surface area contributed by atoms with E-state index in [-0.39, 0.29) is 41.5 Å². The minimum atomic E-state index is -0.0999. The highest BCUT2D eigenvalue weighted by Crippen LogP contribution is 2.42. The first kappa shape index (κ1) is 31.0. The lowest BCUT2D eigenvalue weighted by Gasteiger charge is -2.33. The Labute approximate surface area is 237 Å². The molecule has 3 rings (SSSR count). The number of hydrogen-bond acceptors (Lipinski definition) is 3. The van der Waals surface area contributed by atoms with Gasteiger partial charge in [0, 0.05) is 17.9 Å². The topological polar surface area (TPSA) is 51.2 Å². The molecule has 0 aromatic heterocycles. The van der Waals surface area contributed by atoms with Gasteiger partial charge in [0.05, 0.1) is 6.42 Å². The Kier molecular flexibility index (Phi) is 10.9. The molecule has 0 amide bonds. The highest BCUT2D eigenvalue weighted by Gasteiger charge is 2.34. The van der Waals surface area contributed by atoms with Crippen LogP contribution in [0.5, 0.6) is 0 Å². The number of rotatable bonds is 13. The largest absolute Gasteiger partial charge is 0.300 e. The van der Waals surface area contributed by atoms with E-state index in [2.05, 4.69) is 78.8 Å². The van der Waals surface area contributed by atoms with Crippen molar-refractivity contribution in [2.45, 2.75) is 113 Å². The quantitative estimate of drug-likeness (QED) is 0.243. The molecule has 0 fully saturated rings. The van der Waals surface area contributed by atoms with Crippen LogP contribution in [0.25, 0.3) is 11.1 Å². The molecule has 0 heterocycles. The zero-order valence-corrected chi connectivity index (χ0v) is 25.7. The predicted octanol–water partition coefficient (Wildman–Crippen LogP) is 9.11. The molecule has 0 N–H and O–H groups in total. The van der Waals surface area contributed by atoms with E-state index < -0.39 is 0 Å². The smallest absolute Gasteiger partial charge is 0.163 e. The zero-order valence-electron chi connectivity index (χ0n) is 25.7. The number of carbonyl (C=O) groups excluding carboxylic acids is 3. The van der Waals surface area contributed by atoms with Crippen molar-refractivity contribution in [3.63, 3.8) is 0 Å². The van der Waals surface area contributed by atoms with Crippen molar-refractivity contribution >= 4 is 17.3 Å². The molecule has 0 aliphatic heterocycles. The SMILES string of the molecule is CCCC(CC1CC(=O)c2c(C)c(-c3cccc(CC(C)C)c3)cc(C(C)C)c2C1)C(CC)C(=O)CC(C)=O. The average molecular weight is 531 g/mol. The fraction of sp³-hybridized carbons (Fsp3) is 0.583. The Morgan fingerprint density at radius 3 is 2.33 bits per heavy atom. The molecule has 0 bridgehead atoms. The van der Waals surface area contributed by atoms with Gasteiger partial charge in [-0.05, 0) is 96.6 Å². The van der Waals surface area contributed by atoms with Gasteiger partial charge < -0.3 is 0 Å². The standard InChI is InChI=1S/C36H50O3/c1-9-12-28(30(10-2)34(38)16-24(7)37)18-27-19-33-31(23(5)6)21-32(25(8)36(33)35(39)20-27)29-14-11-13-26(17-29)15-22(3)4/h11,13-14,17,21-23,27-28,30H,9-10,12,15-16,18-20H2,1-8H3. The summed E-state index contributed by atoms with van der Waals surface area (Å²) < 4.78 is 0. The van der Waals surface area contributed by atoms with E-state index in [4.69, 9.17) is 0 Å². The summed E-state index contributed by atoms with van der Waals surface area (Å²) in [7, 11) is 0. The molecule has 0 saturated heterocycles. The van der Waals surface area contributed by atoms with Gasteiger partial charge in [0.15, 0.2) is 5.78 Å². The molecule has 2 aromatic rings. The van der Waals surface area contributed by atoms with E-state index >= 15 is 0 Å². The van der Waals surface area contributed by atoms with Crippen LogP contribution < -0.4 is 0 Å². The van der Waals surface area contributed by atoms with Crippen molar-refractivity contribution in [1.82, 2.24) is 0 Å². The van der Waals surface area contributed by atoms with E-state index in [9.17, 15) is 14.4 Å². The first-order valence-electron chi connectivity index (χ1n) is 15.3. The predicted molar refractivity (Wildman–Crippen MR) is 162 cm³/mol. The molecular formula is C36H50O3. The summed E-state index contributed by atoms with van der Waals surface area (Å²) in [6.07, 6.45) is 6.09. The second kappa shape index (κ2) is 13.7. The molecule has 3 unspecified atom stereocenters. The summed E-state index contributed by atoms with van der Waals surface area (Å²) in [5.74, 6) is 1.53. The number of ketones is 3. The van der Waals surface area contributed by atoms with Crippen molar-refractivity contribution in [2.24, 2.45) is 23.7 Å². The Morgan fingerprint density at radius 2 is 1.74 bits per heavy atom. The second-order valence-corrected chi connectivity index (χ2v) is 12.8. The van der Waals surface area contributed by atoms with E-state index in [0.717, 1.165) is 49.7 Å². The molecule has 3 heteroatoms. The Hall–Kier alpha value is -2.55. The van der Waals surface area contributed by atoms with Gasteiger partial charge in [0.25, 0.3) is 0 Å². The molecule has 0 saturated carbocycles. The van der Waals surface area contributed by atoms with E-state index in [1.165, 1.54) is 34.7 Å². The van der Waals surface area contributed by atoms with Crippen molar-refractivity contribution in [1.29, 1.82) is 0 Å². The zero-order chi connectivity index (χ0) is 28.9. The molecule has 0 spiro atoms. The van der Waals surface area contributed by atoms with Gasteiger partial charge in [-0.15, -0.1) is 0 Å². The van der Waals surface area contributed by atoms with Gasteiger partial charge in [0.1, 0.15) is 11.6 Å². The van der Waals surface area contributed by atoms with Gasteiger partial charge in [-0.25, -0.2) is 0 Å². The highest BCUT2D eigenvalue weighted by molar-refractivity contribution is 6.02. The van der Waals surface area contributed by atoms with Gasteiger partial charge >= 0.3 is 0 Å². The molecular weight excluding hydrogens is 480 g/mol. The van der Waals surface area contributed by atoms with Gasteiger partial charge in [-0.2, -0.15) is 0 Å². The molecule has 0 radical (unpaired) electrons. The summed E-state index contributed by atoms with van der Waals surface area (Å²) in [6.45, 7) is 16.8. The number of carbonyl (C=O) groups is 3. The molecule has 3 atom stereocenters. The van der Waals surface area contributed by atoms with Crippen molar-refractivity contribution < 1.29 is 14.4 Å². The Balaban J connectivity index is 1.98. The normalized spacial score (nSPS) is 16.9. The average Bonchev–Trinajstić information content (AvgIpc) is 2.83. The lowest BCUT2D eigenvalue weighted by Crippen LogP contribution is -2.30. The lowest BCUT2D eigenvalue weighted by molar-refractivity contribution is -0.129. The van der Waals surface area contributed by atoms with Crippen LogP contribution in [0, 0.1) is 30.6 Å². The first-order valence-corrected chi connectivity index (χ1v) is 15.3. The van der Waals surface area contributed by atoms with E-state index in [1.807, 2.05) is 0 Å². The van der Waals surface area contributed by atoms with Crippen molar-refractivity contribution in [3.05, 3.63) is 58.1 Å². The fourth-order valence-electron chi connectivity index (χ4n) is 6.98. The number of Topliss-reactive ketones (excluding diaryl/α,β-unsaturated/α-hetero) is 3. The maximum absolute atomic E-state index is 13.8. The van der Waals surface area contributed by atoms with Gasteiger partial charge in [0.2, 0.25) is 0 Å². The third-order valence-electron chi connectivity index (χ3n) is 8.62. The number of fused-ring (bicyclic) bond motifs is 1. The molecule has 39 heavy (non-hydrogen) atoms. The molecule has 1 aliphatic rings.